The molecule has 0 aromatic rings. The predicted molar refractivity (Wildman–Crippen MR) is 57.1 cm³/mol. The van der Waals surface area contributed by atoms with Gasteiger partial charge in [0.05, 0.1) is 18.0 Å². The Balaban J connectivity index is 2.23. The number of nitrogens with one attached hydrogen (secondary N) is 1. The van der Waals surface area contributed by atoms with Crippen molar-refractivity contribution in [3.05, 3.63) is 0 Å². The summed E-state index contributed by atoms with van der Waals surface area (Å²) in [6.45, 7) is 2.66. The van der Waals surface area contributed by atoms with Gasteiger partial charge in [0.2, 0.25) is 10.0 Å². The Morgan fingerprint density at radius 2 is 2.13 bits per heavy atom. The van der Waals surface area contributed by atoms with Crippen LogP contribution in [0.4, 0.5) is 0 Å². The smallest absolute Gasteiger partial charge is 0.213 e. The molecule has 0 radical (unpaired) electrons. The molecule has 0 saturated heterocycles. The minimum Gasteiger partial charge on any atom is -0.389 e. The van der Waals surface area contributed by atoms with Crippen LogP contribution in [0.25, 0.3) is 0 Å². The van der Waals surface area contributed by atoms with E-state index in [0.29, 0.717) is 19.4 Å². The zero-order chi connectivity index (χ0) is 11.4. The number of aliphatic hydroxyl groups is 1. The Morgan fingerprint density at radius 3 is 2.60 bits per heavy atom. The van der Waals surface area contributed by atoms with Gasteiger partial charge in [0, 0.05) is 13.2 Å². The molecule has 0 spiro atoms. The van der Waals surface area contributed by atoms with Crippen LogP contribution in [0.2, 0.25) is 0 Å². The van der Waals surface area contributed by atoms with E-state index in [1.165, 1.54) is 0 Å². The van der Waals surface area contributed by atoms with Crippen LogP contribution in [0.3, 0.4) is 0 Å². The second-order valence-corrected chi connectivity index (χ2v) is 5.84. The quantitative estimate of drug-likeness (QED) is 0.604. The highest BCUT2D eigenvalue weighted by atomic mass is 32.2. The molecule has 2 N–H and O–H groups in total. The number of sulfonamides is 1. The lowest BCUT2D eigenvalue weighted by Crippen LogP contribution is -2.48. The fourth-order valence-corrected chi connectivity index (χ4v) is 2.36. The van der Waals surface area contributed by atoms with Crippen LogP contribution >= 0.6 is 0 Å². The zero-order valence-electron chi connectivity index (χ0n) is 9.03. The third-order valence-corrected chi connectivity index (χ3v) is 3.89. The van der Waals surface area contributed by atoms with Crippen molar-refractivity contribution in [1.29, 1.82) is 0 Å². The van der Waals surface area contributed by atoms with E-state index in [-0.39, 0.29) is 18.9 Å². The fraction of sp³-hybridized carbons (Fsp3) is 1.00. The molecule has 1 aliphatic rings. The lowest BCUT2D eigenvalue weighted by atomic mass is 9.81. The summed E-state index contributed by atoms with van der Waals surface area (Å²) in [7, 11) is -3.30. The van der Waals surface area contributed by atoms with E-state index < -0.39 is 15.6 Å². The van der Waals surface area contributed by atoms with Gasteiger partial charge in [-0.2, -0.15) is 0 Å². The standard InChI is InChI=1S/C9H19NO4S/c1-2-14-6-7-15(12,13)10-8-9(11)4-3-5-9/h10-11H,2-8H2,1H3. The summed E-state index contributed by atoms with van der Waals surface area (Å²) in [6.07, 6.45) is 2.33. The largest absolute Gasteiger partial charge is 0.389 e. The van der Waals surface area contributed by atoms with Crippen molar-refractivity contribution >= 4 is 10.0 Å². The maximum atomic E-state index is 11.4. The molecule has 0 aromatic heterocycles. The molecule has 0 bridgehead atoms. The van der Waals surface area contributed by atoms with Crippen LogP contribution in [0, 0.1) is 0 Å². The van der Waals surface area contributed by atoms with Gasteiger partial charge < -0.3 is 9.84 Å². The summed E-state index contributed by atoms with van der Waals surface area (Å²) < 4.78 is 30.1. The maximum Gasteiger partial charge on any atom is 0.213 e. The van der Waals surface area contributed by atoms with E-state index in [1.807, 2.05) is 6.92 Å². The highest BCUT2D eigenvalue weighted by Gasteiger charge is 2.35. The second kappa shape index (κ2) is 5.25. The molecule has 90 valence electrons. The van der Waals surface area contributed by atoms with Gasteiger partial charge >= 0.3 is 0 Å². The van der Waals surface area contributed by atoms with Crippen LogP contribution < -0.4 is 4.72 Å². The minimum absolute atomic E-state index is 0.0447. The number of hydrogen-bond acceptors (Lipinski definition) is 4. The molecular formula is C9H19NO4S. The summed E-state index contributed by atoms with van der Waals surface area (Å²) in [4.78, 5) is 0. The molecule has 1 saturated carbocycles. The van der Waals surface area contributed by atoms with E-state index in [1.54, 1.807) is 0 Å². The molecule has 0 amide bonds. The Bertz CT molecular complexity index is 284. The second-order valence-electron chi connectivity index (χ2n) is 3.91. The molecule has 0 aromatic carbocycles. The van der Waals surface area contributed by atoms with Crippen LogP contribution in [0.5, 0.6) is 0 Å². The van der Waals surface area contributed by atoms with Crippen LogP contribution in [0.1, 0.15) is 26.2 Å². The van der Waals surface area contributed by atoms with Crippen molar-refractivity contribution < 1.29 is 18.3 Å². The van der Waals surface area contributed by atoms with Crippen LogP contribution in [0.15, 0.2) is 0 Å². The molecule has 15 heavy (non-hydrogen) atoms. The average molecular weight is 237 g/mol. The van der Waals surface area contributed by atoms with Crippen molar-refractivity contribution in [2.45, 2.75) is 31.8 Å². The molecule has 6 heteroatoms. The first-order valence-electron chi connectivity index (χ1n) is 5.25. The van der Waals surface area contributed by atoms with Crippen molar-refractivity contribution in [3.8, 4) is 0 Å². The normalized spacial score (nSPS) is 19.9. The van der Waals surface area contributed by atoms with Gasteiger partial charge in [-0.15, -0.1) is 0 Å². The van der Waals surface area contributed by atoms with Gasteiger partial charge in [0.1, 0.15) is 0 Å². The van der Waals surface area contributed by atoms with E-state index >= 15 is 0 Å². The monoisotopic (exact) mass is 237 g/mol. The summed E-state index contributed by atoms with van der Waals surface area (Å²) in [5, 5.41) is 9.69. The van der Waals surface area contributed by atoms with Crippen LogP contribution in [-0.2, 0) is 14.8 Å². The summed E-state index contributed by atoms with van der Waals surface area (Å²) in [5.41, 5.74) is -0.807. The van der Waals surface area contributed by atoms with Gasteiger partial charge in [-0.1, -0.05) is 0 Å². The fourth-order valence-electron chi connectivity index (χ4n) is 1.39. The van der Waals surface area contributed by atoms with Crippen molar-refractivity contribution in [2.75, 3.05) is 25.5 Å². The summed E-state index contributed by atoms with van der Waals surface area (Å²) in [5.74, 6) is -0.0447. The Labute approximate surface area is 90.9 Å². The van der Waals surface area contributed by atoms with Gasteiger partial charge in [0.25, 0.3) is 0 Å². The minimum atomic E-state index is -3.30. The first-order chi connectivity index (χ1) is 6.97. The van der Waals surface area contributed by atoms with Gasteiger partial charge in [-0.05, 0) is 26.2 Å². The molecule has 1 aliphatic carbocycles. The van der Waals surface area contributed by atoms with E-state index in [9.17, 15) is 13.5 Å². The van der Waals surface area contributed by atoms with E-state index in [2.05, 4.69) is 4.72 Å². The van der Waals surface area contributed by atoms with Crippen LogP contribution in [-0.4, -0.2) is 44.6 Å². The zero-order valence-corrected chi connectivity index (χ0v) is 9.85. The number of rotatable bonds is 7. The van der Waals surface area contributed by atoms with Gasteiger partial charge in [0.15, 0.2) is 0 Å². The SMILES string of the molecule is CCOCCS(=O)(=O)NCC1(O)CCC1. The van der Waals surface area contributed by atoms with Crippen molar-refractivity contribution in [2.24, 2.45) is 0 Å². The summed E-state index contributed by atoms with van der Waals surface area (Å²) in [6, 6.07) is 0. The van der Waals surface area contributed by atoms with Gasteiger partial charge in [-0.3, -0.25) is 0 Å². The third-order valence-electron chi connectivity index (χ3n) is 2.61. The Kier molecular flexibility index (Phi) is 4.51. The molecule has 0 unspecified atom stereocenters. The lowest BCUT2D eigenvalue weighted by molar-refractivity contribution is -0.0271. The van der Waals surface area contributed by atoms with Crippen molar-refractivity contribution in [3.63, 3.8) is 0 Å². The summed E-state index contributed by atoms with van der Waals surface area (Å²) >= 11 is 0. The average Bonchev–Trinajstić information content (AvgIpc) is 2.12. The molecular weight excluding hydrogens is 218 g/mol. The highest BCUT2D eigenvalue weighted by Crippen LogP contribution is 2.30. The predicted octanol–water partition coefficient (Wildman–Crippen LogP) is -0.143. The van der Waals surface area contributed by atoms with Crippen molar-refractivity contribution in [1.82, 2.24) is 4.72 Å². The Hall–Kier alpha value is -0.170. The number of ether oxygens (including phenoxy) is 1. The molecule has 0 heterocycles. The molecule has 1 fully saturated rings. The Morgan fingerprint density at radius 1 is 1.47 bits per heavy atom. The van der Waals surface area contributed by atoms with Gasteiger partial charge in [-0.25, -0.2) is 13.1 Å². The highest BCUT2D eigenvalue weighted by molar-refractivity contribution is 7.89. The van der Waals surface area contributed by atoms with E-state index in [0.717, 1.165) is 6.42 Å². The van der Waals surface area contributed by atoms with E-state index in [4.69, 9.17) is 4.74 Å². The topological polar surface area (TPSA) is 75.6 Å². The molecule has 5 nitrogen and oxygen atoms in total. The first-order valence-corrected chi connectivity index (χ1v) is 6.90. The molecule has 0 atom stereocenters. The maximum absolute atomic E-state index is 11.4. The molecule has 1 rings (SSSR count). The molecule has 0 aliphatic heterocycles. The third kappa shape index (κ3) is 4.46. The first kappa shape index (κ1) is 12.9. The lowest BCUT2D eigenvalue weighted by Gasteiger charge is -2.36. The number of hydrogen-bond donors (Lipinski definition) is 2.